The van der Waals surface area contributed by atoms with Crippen molar-refractivity contribution in [2.24, 2.45) is 10.9 Å². The van der Waals surface area contributed by atoms with Crippen molar-refractivity contribution in [1.29, 1.82) is 0 Å². The van der Waals surface area contributed by atoms with E-state index in [1.165, 1.54) is 11.1 Å². The second kappa shape index (κ2) is 11.3. The van der Waals surface area contributed by atoms with Gasteiger partial charge in [0.15, 0.2) is 5.96 Å². The van der Waals surface area contributed by atoms with Crippen LogP contribution >= 0.6 is 0 Å². The number of aliphatic imine (C=N–C) groups is 1. The number of ether oxygens (including phenoxy) is 2. The summed E-state index contributed by atoms with van der Waals surface area (Å²) < 4.78 is 11.1. The fourth-order valence-corrected chi connectivity index (χ4v) is 3.16. The number of hydrogen-bond acceptors (Lipinski definition) is 3. The molecule has 0 radical (unpaired) electrons. The van der Waals surface area contributed by atoms with Crippen molar-refractivity contribution >= 4 is 5.96 Å². The molecule has 2 rings (SSSR count). The lowest BCUT2D eigenvalue weighted by Gasteiger charge is -2.27. The van der Waals surface area contributed by atoms with Crippen LogP contribution in [-0.2, 0) is 21.3 Å². The molecular weight excluding hydrogens is 338 g/mol. The predicted molar refractivity (Wildman–Crippen MR) is 113 cm³/mol. The third-order valence-corrected chi connectivity index (χ3v) is 5.20. The zero-order valence-corrected chi connectivity index (χ0v) is 17.5. The zero-order chi connectivity index (χ0) is 19.5. The second-order valence-corrected chi connectivity index (χ2v) is 7.94. The van der Waals surface area contributed by atoms with Gasteiger partial charge in [0, 0.05) is 44.7 Å². The summed E-state index contributed by atoms with van der Waals surface area (Å²) >= 11 is 0. The maximum atomic E-state index is 5.74. The first-order valence-electron chi connectivity index (χ1n) is 10.2. The van der Waals surface area contributed by atoms with Crippen LogP contribution < -0.4 is 10.6 Å². The highest BCUT2D eigenvalue weighted by atomic mass is 16.5. The Morgan fingerprint density at radius 2 is 2.04 bits per heavy atom. The minimum absolute atomic E-state index is 0.0381. The molecular formula is C22H37N3O2. The molecule has 0 aliphatic carbocycles. The average molecular weight is 376 g/mol. The molecule has 1 aliphatic rings. The van der Waals surface area contributed by atoms with E-state index < -0.39 is 0 Å². The Labute approximate surface area is 164 Å². The minimum atomic E-state index is 0.0381. The molecule has 1 aromatic carbocycles. The Kier molecular flexibility index (Phi) is 9.08. The Balaban J connectivity index is 1.64. The van der Waals surface area contributed by atoms with Crippen LogP contribution in [0.3, 0.4) is 0 Å². The zero-order valence-electron chi connectivity index (χ0n) is 17.5. The maximum absolute atomic E-state index is 5.74. The Morgan fingerprint density at radius 3 is 2.67 bits per heavy atom. The van der Waals surface area contributed by atoms with Gasteiger partial charge in [0.2, 0.25) is 0 Å². The normalized spacial score (nSPS) is 17.9. The van der Waals surface area contributed by atoms with Gasteiger partial charge in [0.1, 0.15) is 0 Å². The molecule has 0 amide bonds. The molecule has 2 N–H and O–H groups in total. The van der Waals surface area contributed by atoms with Crippen molar-refractivity contribution in [1.82, 2.24) is 10.6 Å². The first kappa shape index (κ1) is 21.7. The number of hydrogen-bond donors (Lipinski definition) is 2. The molecule has 1 saturated heterocycles. The largest absolute Gasteiger partial charge is 0.381 e. The monoisotopic (exact) mass is 375 g/mol. The highest BCUT2D eigenvalue weighted by Gasteiger charge is 2.21. The molecule has 1 heterocycles. The highest BCUT2D eigenvalue weighted by molar-refractivity contribution is 5.79. The summed E-state index contributed by atoms with van der Waals surface area (Å²) in [5.74, 6) is 1.43. The molecule has 0 spiro atoms. The van der Waals surface area contributed by atoms with E-state index in [0.29, 0.717) is 5.92 Å². The third kappa shape index (κ3) is 7.51. The Morgan fingerprint density at radius 1 is 1.26 bits per heavy atom. The van der Waals surface area contributed by atoms with Gasteiger partial charge in [-0.1, -0.05) is 45.0 Å². The van der Waals surface area contributed by atoms with E-state index in [1.54, 1.807) is 0 Å². The van der Waals surface area contributed by atoms with E-state index >= 15 is 0 Å². The Bertz CT molecular complexity index is 563. The molecule has 0 saturated carbocycles. The molecule has 27 heavy (non-hydrogen) atoms. The standard InChI is InChI=1S/C22H37N3O2/c1-5-18-7-9-20(10-8-18)22(2,3)17-25-21(23-4)24-12-6-13-26-15-19-11-14-27-16-19/h7-10,19H,5-6,11-17H2,1-4H3,(H2,23,24,25). The van der Waals surface area contributed by atoms with Crippen LogP contribution in [0.25, 0.3) is 0 Å². The van der Waals surface area contributed by atoms with Gasteiger partial charge in [-0.3, -0.25) is 4.99 Å². The SMILES string of the molecule is CCc1ccc(C(C)(C)CNC(=NC)NCCCOCC2CCOC2)cc1. The molecule has 152 valence electrons. The molecule has 1 fully saturated rings. The minimum Gasteiger partial charge on any atom is -0.381 e. The van der Waals surface area contributed by atoms with Gasteiger partial charge in [0.25, 0.3) is 0 Å². The summed E-state index contributed by atoms with van der Waals surface area (Å²) in [7, 11) is 1.81. The smallest absolute Gasteiger partial charge is 0.191 e. The van der Waals surface area contributed by atoms with E-state index in [-0.39, 0.29) is 5.41 Å². The van der Waals surface area contributed by atoms with Gasteiger partial charge >= 0.3 is 0 Å². The second-order valence-electron chi connectivity index (χ2n) is 7.94. The van der Waals surface area contributed by atoms with E-state index in [2.05, 4.69) is 60.7 Å². The van der Waals surface area contributed by atoms with E-state index in [9.17, 15) is 0 Å². The van der Waals surface area contributed by atoms with Crippen molar-refractivity contribution in [3.63, 3.8) is 0 Å². The lowest BCUT2D eigenvalue weighted by atomic mass is 9.84. The molecule has 5 heteroatoms. The van der Waals surface area contributed by atoms with Gasteiger partial charge < -0.3 is 20.1 Å². The van der Waals surface area contributed by atoms with Crippen LogP contribution in [0.1, 0.15) is 44.7 Å². The average Bonchev–Trinajstić information content (AvgIpc) is 3.20. The van der Waals surface area contributed by atoms with Crippen molar-refractivity contribution in [2.45, 2.75) is 45.4 Å². The van der Waals surface area contributed by atoms with E-state index in [0.717, 1.165) is 64.7 Å². The van der Waals surface area contributed by atoms with Gasteiger partial charge in [-0.25, -0.2) is 0 Å². The summed E-state index contributed by atoms with van der Waals surface area (Å²) in [6.45, 7) is 11.7. The molecule has 1 aliphatic heterocycles. The van der Waals surface area contributed by atoms with Gasteiger partial charge in [0.05, 0.1) is 13.2 Å². The molecule has 1 aromatic rings. The number of guanidine groups is 1. The summed E-state index contributed by atoms with van der Waals surface area (Å²) in [5.41, 5.74) is 2.76. The van der Waals surface area contributed by atoms with Crippen molar-refractivity contribution in [3.05, 3.63) is 35.4 Å². The highest BCUT2D eigenvalue weighted by Crippen LogP contribution is 2.22. The quantitative estimate of drug-likeness (QED) is 0.375. The number of nitrogens with one attached hydrogen (secondary N) is 2. The molecule has 0 aromatic heterocycles. The third-order valence-electron chi connectivity index (χ3n) is 5.20. The summed E-state index contributed by atoms with van der Waals surface area (Å²) in [6.07, 6.45) is 3.18. The van der Waals surface area contributed by atoms with E-state index in [1.807, 2.05) is 7.05 Å². The molecule has 0 bridgehead atoms. The van der Waals surface area contributed by atoms with Crippen LogP contribution in [0.15, 0.2) is 29.3 Å². The van der Waals surface area contributed by atoms with Crippen LogP contribution in [0, 0.1) is 5.92 Å². The van der Waals surface area contributed by atoms with Crippen LogP contribution in [0.5, 0.6) is 0 Å². The van der Waals surface area contributed by atoms with Gasteiger partial charge in [-0.05, 0) is 30.4 Å². The van der Waals surface area contributed by atoms with Gasteiger partial charge in [-0.2, -0.15) is 0 Å². The van der Waals surface area contributed by atoms with Crippen molar-refractivity contribution in [2.75, 3.05) is 46.6 Å². The van der Waals surface area contributed by atoms with Crippen molar-refractivity contribution in [3.8, 4) is 0 Å². The first-order chi connectivity index (χ1) is 13.0. The predicted octanol–water partition coefficient (Wildman–Crippen LogP) is 3.13. The fraction of sp³-hybridized carbons (Fsp3) is 0.682. The van der Waals surface area contributed by atoms with Crippen molar-refractivity contribution < 1.29 is 9.47 Å². The van der Waals surface area contributed by atoms with Crippen LogP contribution in [-0.4, -0.2) is 52.5 Å². The summed E-state index contributed by atoms with van der Waals surface area (Å²) in [6, 6.07) is 8.93. The van der Waals surface area contributed by atoms with E-state index in [4.69, 9.17) is 9.47 Å². The first-order valence-corrected chi connectivity index (χ1v) is 10.2. The molecule has 1 atom stereocenters. The molecule has 1 unspecified atom stereocenters. The molecule has 5 nitrogen and oxygen atoms in total. The summed E-state index contributed by atoms with van der Waals surface area (Å²) in [5, 5.41) is 6.83. The van der Waals surface area contributed by atoms with Crippen LogP contribution in [0.2, 0.25) is 0 Å². The maximum Gasteiger partial charge on any atom is 0.191 e. The Hall–Kier alpha value is -1.59. The lowest BCUT2D eigenvalue weighted by molar-refractivity contribution is 0.0888. The number of nitrogens with zero attached hydrogens (tertiary/aromatic N) is 1. The van der Waals surface area contributed by atoms with Gasteiger partial charge in [-0.15, -0.1) is 0 Å². The van der Waals surface area contributed by atoms with Crippen LogP contribution in [0.4, 0.5) is 0 Å². The number of benzene rings is 1. The summed E-state index contributed by atoms with van der Waals surface area (Å²) in [4.78, 5) is 4.33. The number of aryl methyl sites for hydroxylation is 1. The topological polar surface area (TPSA) is 54.9 Å². The lowest BCUT2D eigenvalue weighted by Crippen LogP contribution is -2.43. The fourth-order valence-electron chi connectivity index (χ4n) is 3.16. The number of rotatable bonds is 10.